The topological polar surface area (TPSA) is 44.5 Å². The van der Waals surface area contributed by atoms with Crippen molar-refractivity contribution in [2.24, 2.45) is 5.92 Å². The minimum absolute atomic E-state index is 0.142. The first-order valence-corrected chi connectivity index (χ1v) is 7.28. The Morgan fingerprint density at radius 2 is 1.79 bits per heavy atom. The summed E-state index contributed by atoms with van der Waals surface area (Å²) >= 11 is 0. The van der Waals surface area contributed by atoms with Gasteiger partial charge >= 0.3 is 0 Å². The minimum atomic E-state index is 0.142. The SMILES string of the molecule is CC(C)Oc1cc(N)cc(OC2CCCCC2C)c1. The molecule has 0 radical (unpaired) electrons. The number of nitrogens with two attached hydrogens (primary N) is 1. The predicted octanol–water partition coefficient (Wildman–Crippen LogP) is 4.01. The summed E-state index contributed by atoms with van der Waals surface area (Å²) < 4.78 is 11.8. The van der Waals surface area contributed by atoms with Gasteiger partial charge in [-0.2, -0.15) is 0 Å². The maximum atomic E-state index is 6.11. The molecule has 3 nitrogen and oxygen atoms in total. The molecule has 0 spiro atoms. The zero-order valence-corrected chi connectivity index (χ0v) is 12.2. The van der Waals surface area contributed by atoms with Crippen molar-refractivity contribution in [3.8, 4) is 11.5 Å². The van der Waals surface area contributed by atoms with Crippen LogP contribution in [0.15, 0.2) is 18.2 Å². The van der Waals surface area contributed by atoms with Crippen LogP contribution in [0.25, 0.3) is 0 Å². The highest BCUT2D eigenvalue weighted by atomic mass is 16.5. The van der Waals surface area contributed by atoms with Crippen molar-refractivity contribution in [2.45, 2.75) is 58.7 Å². The van der Waals surface area contributed by atoms with Crippen molar-refractivity contribution >= 4 is 5.69 Å². The molecule has 0 aromatic heterocycles. The molecule has 19 heavy (non-hydrogen) atoms. The normalized spacial score (nSPS) is 23.4. The van der Waals surface area contributed by atoms with Gasteiger partial charge in [-0.1, -0.05) is 13.3 Å². The smallest absolute Gasteiger partial charge is 0.125 e. The lowest BCUT2D eigenvalue weighted by Gasteiger charge is -2.29. The molecule has 0 amide bonds. The zero-order valence-electron chi connectivity index (χ0n) is 12.2. The van der Waals surface area contributed by atoms with Crippen molar-refractivity contribution in [1.29, 1.82) is 0 Å². The molecule has 2 unspecified atom stereocenters. The van der Waals surface area contributed by atoms with Crippen LogP contribution in [-0.4, -0.2) is 12.2 Å². The van der Waals surface area contributed by atoms with E-state index >= 15 is 0 Å². The molecule has 1 aliphatic carbocycles. The van der Waals surface area contributed by atoms with E-state index in [-0.39, 0.29) is 6.10 Å². The number of anilines is 1. The highest BCUT2D eigenvalue weighted by molar-refractivity contribution is 5.50. The Bertz CT molecular complexity index is 417. The second kappa shape index (κ2) is 6.18. The molecular formula is C16H25NO2. The molecule has 0 aliphatic heterocycles. The van der Waals surface area contributed by atoms with Gasteiger partial charge in [0.1, 0.15) is 17.6 Å². The molecule has 106 valence electrons. The van der Waals surface area contributed by atoms with Gasteiger partial charge in [0.2, 0.25) is 0 Å². The van der Waals surface area contributed by atoms with Crippen molar-refractivity contribution in [3.63, 3.8) is 0 Å². The lowest BCUT2D eigenvalue weighted by molar-refractivity contribution is 0.102. The van der Waals surface area contributed by atoms with Crippen LogP contribution in [0.1, 0.15) is 46.5 Å². The van der Waals surface area contributed by atoms with E-state index in [4.69, 9.17) is 15.2 Å². The summed E-state index contributed by atoms with van der Waals surface area (Å²) in [5, 5.41) is 0. The number of rotatable bonds is 4. The first kappa shape index (κ1) is 14.0. The Morgan fingerprint density at radius 1 is 1.11 bits per heavy atom. The van der Waals surface area contributed by atoms with Gasteiger partial charge in [0, 0.05) is 23.9 Å². The van der Waals surface area contributed by atoms with Crippen LogP contribution >= 0.6 is 0 Å². The molecule has 1 aromatic carbocycles. The molecule has 3 heteroatoms. The number of benzene rings is 1. The van der Waals surface area contributed by atoms with E-state index in [9.17, 15) is 0 Å². The van der Waals surface area contributed by atoms with Crippen molar-refractivity contribution in [2.75, 3.05) is 5.73 Å². The Morgan fingerprint density at radius 3 is 2.47 bits per heavy atom. The highest BCUT2D eigenvalue weighted by Crippen LogP contribution is 2.31. The molecule has 2 rings (SSSR count). The Hall–Kier alpha value is -1.38. The van der Waals surface area contributed by atoms with Gasteiger partial charge < -0.3 is 15.2 Å². The molecular weight excluding hydrogens is 238 g/mol. The van der Waals surface area contributed by atoms with Gasteiger partial charge in [-0.3, -0.25) is 0 Å². The maximum Gasteiger partial charge on any atom is 0.125 e. The standard InChI is InChI=1S/C16H25NO2/c1-11(2)18-14-8-13(17)9-15(10-14)19-16-7-5-4-6-12(16)3/h8-12,16H,4-7,17H2,1-3H3. The van der Waals surface area contributed by atoms with Gasteiger partial charge in [0.25, 0.3) is 0 Å². The number of hydrogen-bond acceptors (Lipinski definition) is 3. The van der Waals surface area contributed by atoms with E-state index in [0.29, 0.717) is 17.7 Å². The van der Waals surface area contributed by atoms with Crippen molar-refractivity contribution in [3.05, 3.63) is 18.2 Å². The number of ether oxygens (including phenoxy) is 2. The largest absolute Gasteiger partial charge is 0.491 e. The first-order chi connectivity index (χ1) is 9.04. The molecule has 1 saturated carbocycles. The van der Waals surface area contributed by atoms with Crippen LogP contribution < -0.4 is 15.2 Å². The van der Waals surface area contributed by atoms with E-state index in [2.05, 4.69) is 6.92 Å². The van der Waals surface area contributed by atoms with Crippen LogP contribution in [0, 0.1) is 5.92 Å². The monoisotopic (exact) mass is 263 g/mol. The van der Waals surface area contributed by atoms with E-state index in [1.807, 2.05) is 32.0 Å². The van der Waals surface area contributed by atoms with Crippen LogP contribution in [0.5, 0.6) is 11.5 Å². The lowest BCUT2D eigenvalue weighted by atomic mass is 9.88. The molecule has 0 saturated heterocycles. The lowest BCUT2D eigenvalue weighted by Crippen LogP contribution is -2.28. The quantitative estimate of drug-likeness (QED) is 0.835. The third kappa shape index (κ3) is 4.05. The maximum absolute atomic E-state index is 6.11. The van der Waals surface area contributed by atoms with Crippen molar-refractivity contribution < 1.29 is 9.47 Å². The van der Waals surface area contributed by atoms with E-state index in [0.717, 1.165) is 17.9 Å². The van der Waals surface area contributed by atoms with Gasteiger partial charge in [0.05, 0.1) is 6.10 Å². The number of nitrogen functional groups attached to an aromatic ring is 1. The summed E-state index contributed by atoms with van der Waals surface area (Å²) in [6.07, 6.45) is 5.41. The molecule has 1 fully saturated rings. The van der Waals surface area contributed by atoms with Gasteiger partial charge in [-0.15, -0.1) is 0 Å². The predicted molar refractivity (Wildman–Crippen MR) is 78.7 cm³/mol. The fourth-order valence-corrected chi connectivity index (χ4v) is 2.63. The van der Waals surface area contributed by atoms with Crippen molar-refractivity contribution in [1.82, 2.24) is 0 Å². The summed E-state index contributed by atoms with van der Waals surface area (Å²) in [5.74, 6) is 2.23. The van der Waals surface area contributed by atoms with Crippen LogP contribution in [-0.2, 0) is 0 Å². The molecule has 0 heterocycles. The summed E-state index contributed by atoms with van der Waals surface area (Å²) in [6.45, 7) is 6.28. The third-order valence-electron chi connectivity index (χ3n) is 3.59. The van der Waals surface area contributed by atoms with E-state index < -0.39 is 0 Å². The van der Waals surface area contributed by atoms with Gasteiger partial charge in [-0.05, 0) is 39.0 Å². The van der Waals surface area contributed by atoms with Gasteiger partial charge in [-0.25, -0.2) is 0 Å². The highest BCUT2D eigenvalue weighted by Gasteiger charge is 2.23. The zero-order chi connectivity index (χ0) is 13.8. The molecule has 1 aliphatic rings. The summed E-state index contributed by atoms with van der Waals surface area (Å²) in [5.41, 5.74) is 6.61. The average Bonchev–Trinajstić information content (AvgIpc) is 2.30. The average molecular weight is 263 g/mol. The molecule has 0 bridgehead atoms. The third-order valence-corrected chi connectivity index (χ3v) is 3.59. The number of hydrogen-bond donors (Lipinski definition) is 1. The Labute approximate surface area is 116 Å². The summed E-state index contributed by atoms with van der Waals surface area (Å²) in [7, 11) is 0. The fourth-order valence-electron chi connectivity index (χ4n) is 2.63. The Kier molecular flexibility index (Phi) is 4.56. The Balaban J connectivity index is 2.08. The minimum Gasteiger partial charge on any atom is -0.491 e. The van der Waals surface area contributed by atoms with E-state index in [1.165, 1.54) is 19.3 Å². The fraction of sp³-hybridized carbons (Fsp3) is 0.625. The van der Waals surface area contributed by atoms with Crippen LogP contribution in [0.4, 0.5) is 5.69 Å². The first-order valence-electron chi connectivity index (χ1n) is 7.28. The second-order valence-electron chi connectivity index (χ2n) is 5.82. The van der Waals surface area contributed by atoms with Crippen LogP contribution in [0.3, 0.4) is 0 Å². The molecule has 2 N–H and O–H groups in total. The van der Waals surface area contributed by atoms with Crippen LogP contribution in [0.2, 0.25) is 0 Å². The van der Waals surface area contributed by atoms with Gasteiger partial charge in [0.15, 0.2) is 0 Å². The summed E-state index contributed by atoms with van der Waals surface area (Å²) in [4.78, 5) is 0. The molecule has 2 atom stereocenters. The summed E-state index contributed by atoms with van der Waals surface area (Å²) in [6, 6.07) is 5.67. The van der Waals surface area contributed by atoms with E-state index in [1.54, 1.807) is 0 Å². The molecule has 1 aromatic rings. The second-order valence-corrected chi connectivity index (χ2v) is 5.82.